The molecular formula is C12H8Cl3NO. The van der Waals surface area contributed by atoms with E-state index in [2.05, 4.69) is 0 Å². The maximum atomic E-state index is 5.86. The number of nitrogens with two attached hydrogens (primary N) is 1. The average Bonchev–Trinajstić information content (AvgIpc) is 2.21. The fourth-order valence-corrected chi connectivity index (χ4v) is 2.01. The molecule has 0 unspecified atom stereocenters. The van der Waals surface area contributed by atoms with Crippen LogP contribution in [0.2, 0.25) is 15.1 Å². The third-order valence-electron chi connectivity index (χ3n) is 2.04. The second-order valence-corrected chi connectivity index (χ2v) is 4.70. The van der Waals surface area contributed by atoms with E-state index < -0.39 is 0 Å². The Morgan fingerprint density at radius 3 is 2.06 bits per heavy atom. The third kappa shape index (κ3) is 3.19. The molecule has 2 rings (SSSR count). The molecule has 0 aliphatic heterocycles. The summed E-state index contributed by atoms with van der Waals surface area (Å²) < 4.78 is 5.57. The number of hydrogen-bond acceptors (Lipinski definition) is 2. The van der Waals surface area contributed by atoms with Gasteiger partial charge in [0, 0.05) is 15.1 Å². The molecule has 0 fully saturated rings. The molecule has 2 aromatic rings. The molecular weight excluding hydrogens is 280 g/mol. The summed E-state index contributed by atoms with van der Waals surface area (Å²) in [7, 11) is 0. The molecule has 0 atom stereocenters. The van der Waals surface area contributed by atoms with Crippen LogP contribution in [0.5, 0.6) is 11.5 Å². The summed E-state index contributed by atoms with van der Waals surface area (Å²) in [4.78, 5) is 0. The number of nitrogen functional groups attached to an aromatic ring is 1. The van der Waals surface area contributed by atoms with Crippen LogP contribution in [0, 0.1) is 0 Å². The molecule has 88 valence electrons. The molecule has 0 aromatic heterocycles. The van der Waals surface area contributed by atoms with E-state index in [0.29, 0.717) is 32.3 Å². The van der Waals surface area contributed by atoms with Crippen LogP contribution in [0.1, 0.15) is 0 Å². The maximum Gasteiger partial charge on any atom is 0.150 e. The first-order valence-corrected chi connectivity index (χ1v) is 5.87. The first kappa shape index (κ1) is 12.4. The Kier molecular flexibility index (Phi) is 3.67. The number of ether oxygens (including phenoxy) is 1. The summed E-state index contributed by atoms with van der Waals surface area (Å²) in [5.41, 5.74) is 6.22. The van der Waals surface area contributed by atoms with Crippen molar-refractivity contribution in [1.29, 1.82) is 0 Å². The Labute approximate surface area is 114 Å². The highest BCUT2D eigenvalue weighted by Crippen LogP contribution is 2.32. The summed E-state index contributed by atoms with van der Waals surface area (Å²) in [6.45, 7) is 0. The standard InChI is InChI=1S/C12H8Cl3NO/c13-7-1-2-12(11(16)6-7)17-10-4-8(14)3-9(15)5-10/h1-6H,16H2. The molecule has 2 nitrogen and oxygen atoms in total. The number of benzene rings is 2. The van der Waals surface area contributed by atoms with Gasteiger partial charge in [0.1, 0.15) is 11.5 Å². The van der Waals surface area contributed by atoms with Crippen molar-refractivity contribution in [3.05, 3.63) is 51.5 Å². The van der Waals surface area contributed by atoms with Gasteiger partial charge in [0.25, 0.3) is 0 Å². The highest BCUT2D eigenvalue weighted by atomic mass is 35.5. The van der Waals surface area contributed by atoms with E-state index in [1.165, 1.54) is 0 Å². The molecule has 2 aromatic carbocycles. The van der Waals surface area contributed by atoms with Crippen molar-refractivity contribution in [2.75, 3.05) is 5.73 Å². The van der Waals surface area contributed by atoms with E-state index in [1.54, 1.807) is 36.4 Å². The second kappa shape index (κ2) is 5.05. The quantitative estimate of drug-likeness (QED) is 0.787. The second-order valence-electron chi connectivity index (χ2n) is 3.39. The van der Waals surface area contributed by atoms with Crippen LogP contribution in [-0.4, -0.2) is 0 Å². The molecule has 17 heavy (non-hydrogen) atoms. The van der Waals surface area contributed by atoms with Gasteiger partial charge in [-0.2, -0.15) is 0 Å². The summed E-state index contributed by atoms with van der Waals surface area (Å²) >= 11 is 17.5. The number of halogens is 3. The molecule has 2 N–H and O–H groups in total. The van der Waals surface area contributed by atoms with Crippen molar-refractivity contribution >= 4 is 40.5 Å². The third-order valence-corrected chi connectivity index (χ3v) is 2.71. The molecule has 0 spiro atoms. The highest BCUT2D eigenvalue weighted by Gasteiger charge is 2.04. The van der Waals surface area contributed by atoms with Crippen molar-refractivity contribution in [3.63, 3.8) is 0 Å². The normalized spacial score (nSPS) is 10.3. The molecule has 0 amide bonds. The van der Waals surface area contributed by atoms with Gasteiger partial charge >= 0.3 is 0 Å². The fourth-order valence-electron chi connectivity index (χ4n) is 1.33. The minimum absolute atomic E-state index is 0.452. The molecule has 5 heteroatoms. The minimum atomic E-state index is 0.452. The SMILES string of the molecule is Nc1cc(Cl)ccc1Oc1cc(Cl)cc(Cl)c1. The van der Waals surface area contributed by atoms with E-state index in [9.17, 15) is 0 Å². The van der Waals surface area contributed by atoms with E-state index in [4.69, 9.17) is 45.3 Å². The van der Waals surface area contributed by atoms with Crippen LogP contribution >= 0.6 is 34.8 Å². The molecule has 0 heterocycles. The smallest absolute Gasteiger partial charge is 0.150 e. The fraction of sp³-hybridized carbons (Fsp3) is 0. The summed E-state index contributed by atoms with van der Waals surface area (Å²) in [5.74, 6) is 1.03. The van der Waals surface area contributed by atoms with Crippen LogP contribution in [0.4, 0.5) is 5.69 Å². The van der Waals surface area contributed by atoms with E-state index in [0.717, 1.165) is 0 Å². The Morgan fingerprint density at radius 1 is 0.824 bits per heavy atom. The van der Waals surface area contributed by atoms with E-state index in [-0.39, 0.29) is 0 Å². The van der Waals surface area contributed by atoms with Crippen LogP contribution in [0.25, 0.3) is 0 Å². The Morgan fingerprint density at radius 2 is 1.47 bits per heavy atom. The summed E-state index contributed by atoms with van der Waals surface area (Å²) in [6.07, 6.45) is 0. The lowest BCUT2D eigenvalue weighted by Gasteiger charge is -2.09. The van der Waals surface area contributed by atoms with Crippen molar-refractivity contribution in [2.45, 2.75) is 0 Å². The van der Waals surface area contributed by atoms with Gasteiger partial charge < -0.3 is 10.5 Å². The zero-order valence-electron chi connectivity index (χ0n) is 8.58. The Hall–Kier alpha value is -1.09. The molecule has 0 radical (unpaired) electrons. The summed E-state index contributed by atoms with van der Waals surface area (Å²) in [6, 6.07) is 9.93. The number of anilines is 1. The topological polar surface area (TPSA) is 35.2 Å². The van der Waals surface area contributed by atoms with Gasteiger partial charge in [-0.3, -0.25) is 0 Å². The first-order chi connectivity index (χ1) is 8.04. The molecule has 0 saturated heterocycles. The Bertz CT molecular complexity index is 537. The Balaban J connectivity index is 2.31. The highest BCUT2D eigenvalue weighted by molar-refractivity contribution is 6.34. The van der Waals surface area contributed by atoms with Gasteiger partial charge in [-0.05, 0) is 36.4 Å². The monoisotopic (exact) mass is 287 g/mol. The first-order valence-electron chi connectivity index (χ1n) is 4.73. The van der Waals surface area contributed by atoms with Crippen LogP contribution in [0.15, 0.2) is 36.4 Å². The zero-order chi connectivity index (χ0) is 12.4. The largest absolute Gasteiger partial charge is 0.455 e. The molecule has 0 bridgehead atoms. The van der Waals surface area contributed by atoms with Gasteiger partial charge in [-0.15, -0.1) is 0 Å². The molecule has 0 aliphatic rings. The zero-order valence-corrected chi connectivity index (χ0v) is 10.9. The van der Waals surface area contributed by atoms with Gasteiger partial charge in [0.15, 0.2) is 0 Å². The number of hydrogen-bond donors (Lipinski definition) is 1. The predicted molar refractivity (Wildman–Crippen MR) is 72.4 cm³/mol. The lowest BCUT2D eigenvalue weighted by molar-refractivity contribution is 0.485. The van der Waals surface area contributed by atoms with Crippen LogP contribution < -0.4 is 10.5 Å². The summed E-state index contributed by atoms with van der Waals surface area (Å²) in [5, 5.41) is 1.55. The van der Waals surface area contributed by atoms with E-state index in [1.807, 2.05) is 0 Å². The van der Waals surface area contributed by atoms with Crippen molar-refractivity contribution in [1.82, 2.24) is 0 Å². The van der Waals surface area contributed by atoms with Gasteiger partial charge in [0.05, 0.1) is 5.69 Å². The average molecular weight is 289 g/mol. The van der Waals surface area contributed by atoms with Gasteiger partial charge in [0.2, 0.25) is 0 Å². The number of rotatable bonds is 2. The van der Waals surface area contributed by atoms with Crippen molar-refractivity contribution in [2.24, 2.45) is 0 Å². The maximum absolute atomic E-state index is 5.86. The van der Waals surface area contributed by atoms with Crippen LogP contribution in [0.3, 0.4) is 0 Å². The van der Waals surface area contributed by atoms with Crippen molar-refractivity contribution in [3.8, 4) is 11.5 Å². The van der Waals surface area contributed by atoms with Crippen molar-refractivity contribution < 1.29 is 4.74 Å². The minimum Gasteiger partial charge on any atom is -0.455 e. The molecule has 0 aliphatic carbocycles. The lowest BCUT2D eigenvalue weighted by Crippen LogP contribution is -1.91. The van der Waals surface area contributed by atoms with Gasteiger partial charge in [-0.1, -0.05) is 34.8 Å². The van der Waals surface area contributed by atoms with Crippen LogP contribution in [-0.2, 0) is 0 Å². The van der Waals surface area contributed by atoms with E-state index >= 15 is 0 Å². The predicted octanol–water partition coefficient (Wildman–Crippen LogP) is 5.02. The van der Waals surface area contributed by atoms with Gasteiger partial charge in [-0.25, -0.2) is 0 Å². The molecule has 0 saturated carbocycles. The lowest BCUT2D eigenvalue weighted by atomic mass is 10.3.